The van der Waals surface area contributed by atoms with Crippen molar-refractivity contribution in [2.75, 3.05) is 14.2 Å². The second-order valence-electron chi connectivity index (χ2n) is 1.25. The van der Waals surface area contributed by atoms with E-state index in [1.807, 2.05) is 0 Å². The van der Waals surface area contributed by atoms with E-state index in [-0.39, 0.29) is 10.3 Å². The lowest BCUT2D eigenvalue weighted by Gasteiger charge is -1.92. The number of nitrogens with zero attached hydrogens (tertiary/aromatic N) is 1. The lowest BCUT2D eigenvalue weighted by Crippen LogP contribution is -2.15. The van der Waals surface area contributed by atoms with E-state index in [4.69, 9.17) is 11.0 Å². The summed E-state index contributed by atoms with van der Waals surface area (Å²) in [6.07, 6.45) is 1.60. The first kappa shape index (κ1) is 13.5. The molecule has 0 heterocycles. The largest absolute Gasteiger partial charge is 0.475 e. The Morgan fingerprint density at radius 3 is 1.92 bits per heavy atom. The molecule has 7 heteroatoms. The summed E-state index contributed by atoms with van der Waals surface area (Å²) in [7, 11) is 2.83. The summed E-state index contributed by atoms with van der Waals surface area (Å²) in [4.78, 5) is 0. The van der Waals surface area contributed by atoms with Gasteiger partial charge in [-0.3, -0.25) is 5.32 Å². The second-order valence-corrected chi connectivity index (χ2v) is 2.02. The van der Waals surface area contributed by atoms with Crippen molar-refractivity contribution < 1.29 is 9.47 Å². The molecule has 0 aliphatic heterocycles. The van der Waals surface area contributed by atoms with Gasteiger partial charge < -0.3 is 15.2 Å². The quantitative estimate of drug-likeness (QED) is 0.325. The molecule has 0 saturated carbocycles. The summed E-state index contributed by atoms with van der Waals surface area (Å²) < 4.78 is 8.65. The molecule has 0 bridgehead atoms. The Kier molecular flexibility index (Phi) is 11.1. The van der Waals surface area contributed by atoms with Crippen LogP contribution in [0.5, 0.6) is 0 Å². The molecule has 0 saturated heterocycles. The Balaban J connectivity index is 0. The van der Waals surface area contributed by atoms with Crippen molar-refractivity contribution in [2.24, 2.45) is 5.73 Å². The van der Waals surface area contributed by atoms with Crippen molar-refractivity contribution in [3.05, 3.63) is 0 Å². The molecule has 0 aliphatic carbocycles. The highest BCUT2D eigenvalue weighted by Crippen LogP contribution is 1.66. The van der Waals surface area contributed by atoms with Crippen LogP contribution in [0.1, 0.15) is 0 Å². The van der Waals surface area contributed by atoms with Crippen LogP contribution in [0.3, 0.4) is 0 Å². The van der Waals surface area contributed by atoms with Crippen LogP contribution in [-0.2, 0) is 9.47 Å². The third kappa shape index (κ3) is 15.9. The molecule has 0 amide bonds. The molecule has 5 nitrogen and oxygen atoms in total. The molecule has 0 aromatic rings. The first-order chi connectivity index (χ1) is 5.58. The molecule has 12 heavy (non-hydrogen) atoms. The maximum absolute atomic E-state index is 7.84. The Morgan fingerprint density at radius 2 is 1.83 bits per heavy atom. The van der Waals surface area contributed by atoms with Gasteiger partial charge in [-0.25, -0.2) is 0 Å². The fourth-order valence-corrected chi connectivity index (χ4v) is 0.142. The molecular formula is C5H9N3O2S2. The van der Waals surface area contributed by atoms with E-state index in [0.29, 0.717) is 0 Å². The van der Waals surface area contributed by atoms with E-state index in [1.54, 1.807) is 6.19 Å². The number of thiocarbonyl (C=S) groups is 2. The molecule has 0 radical (unpaired) electrons. The predicted octanol–water partition coefficient (Wildman–Crippen LogP) is -0.135. The molecule has 0 unspecified atom stereocenters. The lowest BCUT2D eigenvalue weighted by molar-refractivity contribution is 0.401. The maximum Gasteiger partial charge on any atom is 0.269 e. The van der Waals surface area contributed by atoms with Gasteiger partial charge in [0.2, 0.25) is 0 Å². The number of nitrogens with two attached hydrogens (primary N) is 1. The molecule has 3 N–H and O–H groups in total. The van der Waals surface area contributed by atoms with Gasteiger partial charge in [0.25, 0.3) is 10.3 Å². The van der Waals surface area contributed by atoms with Crippen LogP contribution in [0.25, 0.3) is 0 Å². The number of nitriles is 1. The number of nitrogens with one attached hydrogen (secondary N) is 1. The van der Waals surface area contributed by atoms with Crippen molar-refractivity contribution in [1.82, 2.24) is 5.32 Å². The van der Waals surface area contributed by atoms with Gasteiger partial charge in [-0.2, -0.15) is 5.26 Å². The number of hydrogen-bond donors (Lipinski definition) is 2. The SMILES string of the molecule is COC(=S)NC#N.COC(N)=S. The number of rotatable bonds is 0. The van der Waals surface area contributed by atoms with E-state index < -0.39 is 0 Å². The van der Waals surface area contributed by atoms with E-state index in [0.717, 1.165) is 0 Å². The van der Waals surface area contributed by atoms with Gasteiger partial charge in [0, 0.05) is 0 Å². The van der Waals surface area contributed by atoms with Crippen LogP contribution in [0.2, 0.25) is 0 Å². The summed E-state index contributed by atoms with van der Waals surface area (Å²) in [5, 5.41) is 10.1. The van der Waals surface area contributed by atoms with Crippen LogP contribution in [0, 0.1) is 11.5 Å². The van der Waals surface area contributed by atoms with Crippen LogP contribution >= 0.6 is 24.4 Å². The van der Waals surface area contributed by atoms with E-state index in [9.17, 15) is 0 Å². The maximum atomic E-state index is 7.84. The minimum Gasteiger partial charge on any atom is -0.475 e. The van der Waals surface area contributed by atoms with Gasteiger partial charge >= 0.3 is 0 Å². The standard InChI is InChI=1S/C3H4N2OS.C2H5NOS/c1-6-3(7)5-2-4;1-4-2(3)5/h1H3,(H,5,7);1H3,(H2,3,5). The Morgan fingerprint density at radius 1 is 1.42 bits per heavy atom. The van der Waals surface area contributed by atoms with Crippen LogP contribution in [0.4, 0.5) is 0 Å². The minimum absolute atomic E-state index is 0.0880. The van der Waals surface area contributed by atoms with E-state index in [1.165, 1.54) is 14.2 Å². The molecule has 68 valence electrons. The first-order valence-corrected chi connectivity index (χ1v) is 3.46. The van der Waals surface area contributed by atoms with Gasteiger partial charge in [-0.15, -0.1) is 0 Å². The lowest BCUT2D eigenvalue weighted by atomic mass is 11.1. The van der Waals surface area contributed by atoms with Gasteiger partial charge in [0.1, 0.15) is 0 Å². The monoisotopic (exact) mass is 207 g/mol. The summed E-state index contributed by atoms with van der Waals surface area (Å²) in [5.41, 5.74) is 4.80. The van der Waals surface area contributed by atoms with Crippen LogP contribution in [0.15, 0.2) is 0 Å². The zero-order valence-electron chi connectivity index (χ0n) is 6.66. The molecule has 0 aromatic carbocycles. The highest BCUT2D eigenvalue weighted by molar-refractivity contribution is 7.80. The zero-order valence-corrected chi connectivity index (χ0v) is 8.29. The number of ether oxygens (including phenoxy) is 2. The molecule has 0 aliphatic rings. The van der Waals surface area contributed by atoms with E-state index >= 15 is 0 Å². The normalized spacial score (nSPS) is 6.42. The molecule has 0 aromatic heterocycles. The Bertz CT molecular complexity index is 190. The Hall–Kier alpha value is -1.13. The highest BCUT2D eigenvalue weighted by atomic mass is 32.1. The summed E-state index contributed by atoms with van der Waals surface area (Å²) in [5.74, 6) is 0. The van der Waals surface area contributed by atoms with Crippen molar-refractivity contribution in [2.45, 2.75) is 0 Å². The topological polar surface area (TPSA) is 80.3 Å². The molecule has 0 spiro atoms. The number of methoxy groups -OCH3 is 2. The van der Waals surface area contributed by atoms with E-state index in [2.05, 4.69) is 39.2 Å². The molecular weight excluding hydrogens is 198 g/mol. The fourth-order valence-electron chi connectivity index (χ4n) is 0.0967. The van der Waals surface area contributed by atoms with Crippen molar-refractivity contribution in [3.8, 4) is 6.19 Å². The zero-order chi connectivity index (χ0) is 9.98. The Labute approximate surface area is 81.4 Å². The van der Waals surface area contributed by atoms with Crippen LogP contribution < -0.4 is 11.1 Å². The first-order valence-electron chi connectivity index (χ1n) is 2.65. The third-order valence-electron chi connectivity index (χ3n) is 0.545. The van der Waals surface area contributed by atoms with Crippen molar-refractivity contribution in [3.63, 3.8) is 0 Å². The van der Waals surface area contributed by atoms with Crippen LogP contribution in [-0.4, -0.2) is 24.6 Å². The summed E-state index contributed by atoms with van der Waals surface area (Å²) >= 11 is 8.65. The van der Waals surface area contributed by atoms with Gasteiger partial charge in [0.05, 0.1) is 14.2 Å². The van der Waals surface area contributed by atoms with Crippen molar-refractivity contribution in [1.29, 1.82) is 5.26 Å². The van der Waals surface area contributed by atoms with Gasteiger partial charge in [-0.05, 0) is 24.4 Å². The molecule has 0 rings (SSSR count). The predicted molar refractivity (Wildman–Crippen MR) is 52.2 cm³/mol. The fraction of sp³-hybridized carbons (Fsp3) is 0.400. The average molecular weight is 207 g/mol. The molecule has 0 fully saturated rings. The average Bonchev–Trinajstić information content (AvgIpc) is 2.06. The van der Waals surface area contributed by atoms with Gasteiger partial charge in [0.15, 0.2) is 6.19 Å². The van der Waals surface area contributed by atoms with Crippen molar-refractivity contribution >= 4 is 34.8 Å². The second kappa shape index (κ2) is 9.87. The van der Waals surface area contributed by atoms with Gasteiger partial charge in [-0.1, -0.05) is 0 Å². The molecule has 0 atom stereocenters. The summed E-state index contributed by atoms with van der Waals surface area (Å²) in [6, 6.07) is 0. The third-order valence-corrected chi connectivity index (χ3v) is 0.980. The number of hydrogen-bond acceptors (Lipinski definition) is 5. The smallest absolute Gasteiger partial charge is 0.269 e. The minimum atomic E-state index is 0.0880. The summed E-state index contributed by atoms with van der Waals surface area (Å²) in [6.45, 7) is 0. The highest BCUT2D eigenvalue weighted by Gasteiger charge is 1.83.